The highest BCUT2D eigenvalue weighted by atomic mass is 17.3. The van der Waals surface area contributed by atoms with Gasteiger partial charge in [-0.3, -0.25) is 14.5 Å². The zero-order valence-electron chi connectivity index (χ0n) is 12.5. The molecule has 0 unspecified atom stereocenters. The van der Waals surface area contributed by atoms with Gasteiger partial charge >= 0.3 is 5.97 Å². The summed E-state index contributed by atoms with van der Waals surface area (Å²) in [6.07, 6.45) is 5.18. The van der Waals surface area contributed by atoms with E-state index in [0.717, 1.165) is 25.7 Å². The minimum Gasteiger partial charge on any atom is -0.274 e. The van der Waals surface area contributed by atoms with E-state index in [1.807, 2.05) is 0 Å². The maximum Gasteiger partial charge on any atom is 0.345 e. The molecule has 0 radical (unpaired) electrons. The van der Waals surface area contributed by atoms with Crippen LogP contribution in [0.2, 0.25) is 0 Å². The van der Waals surface area contributed by atoms with Crippen LogP contribution in [0.15, 0.2) is 24.3 Å². The fourth-order valence-electron chi connectivity index (χ4n) is 2.23. The van der Waals surface area contributed by atoms with E-state index < -0.39 is 17.8 Å². The number of hydroxylamine groups is 2. The number of benzene rings is 1. The lowest BCUT2D eigenvalue weighted by molar-refractivity contribution is -0.355. The predicted molar refractivity (Wildman–Crippen MR) is 77.5 cm³/mol. The molecule has 0 aromatic heterocycles. The molecule has 1 aromatic carbocycles. The van der Waals surface area contributed by atoms with Crippen LogP contribution >= 0.6 is 0 Å². The van der Waals surface area contributed by atoms with Crippen LogP contribution in [0.25, 0.3) is 0 Å². The Morgan fingerprint density at radius 3 is 2.18 bits per heavy atom. The first-order chi connectivity index (χ1) is 10.6. The smallest absolute Gasteiger partial charge is 0.274 e. The standard InChI is InChI=1S/C16H19NO5/c1-2-3-4-5-6-11-14(18)21-22-17-15(19)12-9-7-8-10-13(12)16(17)20/h7-10H,2-6,11H2,1H3. The van der Waals surface area contributed by atoms with E-state index in [0.29, 0.717) is 11.5 Å². The maximum atomic E-state index is 11.9. The Hall–Kier alpha value is -2.21. The number of hydrogen-bond donors (Lipinski definition) is 0. The van der Waals surface area contributed by atoms with Gasteiger partial charge in [0.2, 0.25) is 0 Å². The first kappa shape index (κ1) is 16.2. The summed E-state index contributed by atoms with van der Waals surface area (Å²) in [5.41, 5.74) is 0.478. The molecule has 0 aliphatic carbocycles. The molecule has 0 N–H and O–H groups in total. The maximum absolute atomic E-state index is 11.9. The fourth-order valence-corrected chi connectivity index (χ4v) is 2.23. The van der Waals surface area contributed by atoms with E-state index in [9.17, 15) is 14.4 Å². The first-order valence-corrected chi connectivity index (χ1v) is 7.50. The van der Waals surface area contributed by atoms with Crippen molar-refractivity contribution in [3.05, 3.63) is 35.4 Å². The molecule has 1 aliphatic rings. The van der Waals surface area contributed by atoms with Gasteiger partial charge in [0.1, 0.15) is 0 Å². The van der Waals surface area contributed by atoms with E-state index in [4.69, 9.17) is 0 Å². The third-order valence-electron chi connectivity index (χ3n) is 3.45. The van der Waals surface area contributed by atoms with Gasteiger partial charge in [-0.15, -0.1) is 5.06 Å². The molecule has 1 heterocycles. The van der Waals surface area contributed by atoms with Gasteiger partial charge in [0.15, 0.2) is 0 Å². The summed E-state index contributed by atoms with van der Waals surface area (Å²) < 4.78 is 0. The Bertz CT molecular complexity index is 534. The van der Waals surface area contributed by atoms with Gasteiger partial charge in [0.25, 0.3) is 11.8 Å². The van der Waals surface area contributed by atoms with Crippen LogP contribution < -0.4 is 0 Å². The van der Waals surface area contributed by atoms with Crippen molar-refractivity contribution in [2.45, 2.75) is 45.4 Å². The molecule has 118 valence electrons. The van der Waals surface area contributed by atoms with Crippen molar-refractivity contribution in [3.63, 3.8) is 0 Å². The number of hydrogen-bond acceptors (Lipinski definition) is 5. The number of fused-ring (bicyclic) bond motifs is 1. The molecule has 6 heteroatoms. The highest BCUT2D eigenvalue weighted by molar-refractivity contribution is 6.20. The molecule has 0 spiro atoms. The van der Waals surface area contributed by atoms with Gasteiger partial charge in [0.05, 0.1) is 11.1 Å². The van der Waals surface area contributed by atoms with Crippen LogP contribution in [0.3, 0.4) is 0 Å². The molecule has 0 bridgehead atoms. The molecule has 1 aromatic rings. The van der Waals surface area contributed by atoms with Crippen LogP contribution in [-0.4, -0.2) is 22.8 Å². The van der Waals surface area contributed by atoms with Gasteiger partial charge in [-0.05, 0) is 23.5 Å². The van der Waals surface area contributed by atoms with Gasteiger partial charge < -0.3 is 0 Å². The average molecular weight is 305 g/mol. The average Bonchev–Trinajstić information content (AvgIpc) is 2.77. The molecule has 0 saturated heterocycles. The third kappa shape index (κ3) is 3.71. The zero-order chi connectivity index (χ0) is 15.9. The van der Waals surface area contributed by atoms with E-state index >= 15 is 0 Å². The minimum atomic E-state index is -0.628. The largest absolute Gasteiger partial charge is 0.345 e. The number of nitrogens with zero attached hydrogens (tertiary/aromatic N) is 1. The highest BCUT2D eigenvalue weighted by Gasteiger charge is 2.38. The zero-order valence-corrected chi connectivity index (χ0v) is 12.5. The van der Waals surface area contributed by atoms with Gasteiger partial charge in [-0.1, -0.05) is 44.7 Å². The number of amides is 2. The second-order valence-electron chi connectivity index (χ2n) is 5.14. The molecular formula is C16H19NO5. The normalized spacial score (nSPS) is 13.4. The molecule has 1 aliphatic heterocycles. The number of rotatable bonds is 8. The molecule has 0 fully saturated rings. The monoisotopic (exact) mass is 305 g/mol. The lowest BCUT2D eigenvalue weighted by Gasteiger charge is -2.10. The van der Waals surface area contributed by atoms with Crippen LogP contribution in [-0.2, 0) is 14.7 Å². The Kier molecular flexibility index (Phi) is 5.66. The molecule has 2 rings (SSSR count). The molecule has 0 atom stereocenters. The first-order valence-electron chi connectivity index (χ1n) is 7.50. The summed E-state index contributed by atoms with van der Waals surface area (Å²) in [5.74, 6) is -1.85. The van der Waals surface area contributed by atoms with Gasteiger partial charge in [-0.25, -0.2) is 4.79 Å². The minimum absolute atomic E-state index is 0.201. The van der Waals surface area contributed by atoms with Crippen LogP contribution in [0, 0.1) is 0 Å². The van der Waals surface area contributed by atoms with Gasteiger partial charge in [-0.2, -0.15) is 0 Å². The van der Waals surface area contributed by atoms with Crippen LogP contribution in [0.4, 0.5) is 0 Å². The Morgan fingerprint density at radius 2 is 1.59 bits per heavy atom. The Balaban J connectivity index is 1.77. The summed E-state index contributed by atoms with van der Waals surface area (Å²) in [6, 6.07) is 6.34. The van der Waals surface area contributed by atoms with Crippen LogP contribution in [0.1, 0.15) is 66.2 Å². The number of carbonyl (C=O) groups excluding carboxylic acids is 3. The number of unbranched alkanes of at least 4 members (excludes halogenated alkanes) is 4. The van der Waals surface area contributed by atoms with Crippen molar-refractivity contribution in [3.8, 4) is 0 Å². The predicted octanol–water partition coefficient (Wildman–Crippen LogP) is 3.03. The lowest BCUT2D eigenvalue weighted by atomic mass is 10.1. The number of carbonyl (C=O) groups is 3. The second kappa shape index (κ2) is 7.70. The van der Waals surface area contributed by atoms with Crippen molar-refractivity contribution in [1.29, 1.82) is 0 Å². The van der Waals surface area contributed by atoms with Crippen molar-refractivity contribution in [1.82, 2.24) is 5.06 Å². The van der Waals surface area contributed by atoms with Crippen molar-refractivity contribution in [2.24, 2.45) is 0 Å². The summed E-state index contributed by atoms with van der Waals surface area (Å²) >= 11 is 0. The van der Waals surface area contributed by atoms with Crippen molar-refractivity contribution < 1.29 is 24.3 Å². The SMILES string of the molecule is CCCCCCCC(=O)OON1C(=O)c2ccccc2C1=O. The van der Waals surface area contributed by atoms with Crippen LogP contribution in [0.5, 0.6) is 0 Å². The molecule has 6 nitrogen and oxygen atoms in total. The summed E-state index contributed by atoms with van der Waals surface area (Å²) in [7, 11) is 0. The lowest BCUT2D eigenvalue weighted by Crippen LogP contribution is -2.31. The third-order valence-corrected chi connectivity index (χ3v) is 3.45. The molecule has 0 saturated carbocycles. The van der Waals surface area contributed by atoms with Crippen molar-refractivity contribution in [2.75, 3.05) is 0 Å². The Morgan fingerprint density at radius 1 is 1.00 bits per heavy atom. The summed E-state index contributed by atoms with van der Waals surface area (Å²) in [6.45, 7) is 2.12. The number of imide groups is 1. The van der Waals surface area contributed by atoms with E-state index in [1.165, 1.54) is 12.1 Å². The topological polar surface area (TPSA) is 72.9 Å². The second-order valence-corrected chi connectivity index (χ2v) is 5.14. The fraction of sp³-hybridized carbons (Fsp3) is 0.438. The molecule has 22 heavy (non-hydrogen) atoms. The summed E-state index contributed by atoms with van der Waals surface area (Å²) in [5, 5.41) is 0.472. The molecule has 2 amide bonds. The molecular weight excluding hydrogens is 286 g/mol. The van der Waals surface area contributed by atoms with E-state index in [-0.39, 0.29) is 17.5 Å². The van der Waals surface area contributed by atoms with E-state index in [2.05, 4.69) is 16.8 Å². The quantitative estimate of drug-likeness (QED) is 0.319. The van der Waals surface area contributed by atoms with Crippen molar-refractivity contribution >= 4 is 17.8 Å². The van der Waals surface area contributed by atoms with Gasteiger partial charge in [0, 0.05) is 6.42 Å². The summed E-state index contributed by atoms with van der Waals surface area (Å²) in [4.78, 5) is 44.6. The highest BCUT2D eigenvalue weighted by Crippen LogP contribution is 2.22. The Labute approximate surface area is 128 Å². The van der Waals surface area contributed by atoms with E-state index in [1.54, 1.807) is 12.1 Å².